The van der Waals surface area contributed by atoms with Gasteiger partial charge in [-0.05, 0) is 6.92 Å². The van der Waals surface area contributed by atoms with Gasteiger partial charge in [0.1, 0.15) is 29.9 Å². The highest BCUT2D eigenvalue weighted by Crippen LogP contribution is 2.09. The second kappa shape index (κ2) is 6.40. The lowest BCUT2D eigenvalue weighted by atomic mass is 10.3. The summed E-state index contributed by atoms with van der Waals surface area (Å²) >= 11 is 0. The van der Waals surface area contributed by atoms with E-state index in [0.29, 0.717) is 30.4 Å². The van der Waals surface area contributed by atoms with Crippen molar-refractivity contribution in [2.45, 2.75) is 6.92 Å². The molecular weight excluding hydrogens is 222 g/mol. The van der Waals surface area contributed by atoms with Gasteiger partial charge < -0.3 is 15.8 Å². The molecule has 0 aliphatic heterocycles. The highest BCUT2D eigenvalue weighted by molar-refractivity contribution is 5.74. The monoisotopic (exact) mass is 235 g/mol. The molecule has 0 aliphatic rings. The Labute approximate surface area is 98.6 Å². The SMILES string of the molecule is Cc1ncc(C#N)c(NCCOCC(N)=O)n1. The molecule has 3 N–H and O–H groups in total. The minimum Gasteiger partial charge on any atom is -0.370 e. The van der Waals surface area contributed by atoms with Crippen LogP contribution in [0.3, 0.4) is 0 Å². The molecule has 0 aromatic carbocycles. The first kappa shape index (κ1) is 12.9. The number of aromatic nitrogens is 2. The van der Waals surface area contributed by atoms with E-state index in [1.165, 1.54) is 6.20 Å². The largest absolute Gasteiger partial charge is 0.370 e. The average molecular weight is 235 g/mol. The summed E-state index contributed by atoms with van der Waals surface area (Å²) in [4.78, 5) is 18.4. The maximum atomic E-state index is 10.4. The molecule has 0 saturated heterocycles. The molecule has 90 valence electrons. The number of nitrogens with one attached hydrogen (secondary N) is 1. The van der Waals surface area contributed by atoms with Gasteiger partial charge in [0.2, 0.25) is 5.91 Å². The Morgan fingerprint density at radius 1 is 1.71 bits per heavy atom. The summed E-state index contributed by atoms with van der Waals surface area (Å²) in [5.41, 5.74) is 5.27. The number of aryl methyl sites for hydroxylation is 1. The highest BCUT2D eigenvalue weighted by Gasteiger charge is 2.04. The van der Waals surface area contributed by atoms with Crippen molar-refractivity contribution in [1.29, 1.82) is 5.26 Å². The van der Waals surface area contributed by atoms with Crippen molar-refractivity contribution in [3.05, 3.63) is 17.6 Å². The number of rotatable bonds is 6. The van der Waals surface area contributed by atoms with Crippen LogP contribution < -0.4 is 11.1 Å². The molecule has 7 heteroatoms. The van der Waals surface area contributed by atoms with Crippen molar-refractivity contribution < 1.29 is 9.53 Å². The molecule has 1 rings (SSSR count). The zero-order valence-corrected chi connectivity index (χ0v) is 9.43. The van der Waals surface area contributed by atoms with E-state index in [2.05, 4.69) is 15.3 Å². The third-order valence-corrected chi connectivity index (χ3v) is 1.81. The van der Waals surface area contributed by atoms with E-state index in [4.69, 9.17) is 15.7 Å². The van der Waals surface area contributed by atoms with Gasteiger partial charge in [0.05, 0.1) is 12.8 Å². The molecule has 0 fully saturated rings. The van der Waals surface area contributed by atoms with Gasteiger partial charge in [0.25, 0.3) is 0 Å². The first-order valence-electron chi connectivity index (χ1n) is 4.97. The number of nitrogens with two attached hydrogens (primary N) is 1. The molecule has 0 bridgehead atoms. The Bertz CT molecular complexity index is 441. The van der Waals surface area contributed by atoms with Crippen LogP contribution in [0, 0.1) is 18.3 Å². The van der Waals surface area contributed by atoms with E-state index in [9.17, 15) is 4.79 Å². The third-order valence-electron chi connectivity index (χ3n) is 1.81. The number of amides is 1. The zero-order valence-electron chi connectivity index (χ0n) is 9.43. The lowest BCUT2D eigenvalue weighted by molar-refractivity contribution is -0.122. The molecule has 7 nitrogen and oxygen atoms in total. The van der Waals surface area contributed by atoms with Crippen LogP contribution in [0.2, 0.25) is 0 Å². The van der Waals surface area contributed by atoms with Crippen LogP contribution in [0.15, 0.2) is 6.20 Å². The van der Waals surface area contributed by atoms with Gasteiger partial charge in [-0.25, -0.2) is 9.97 Å². The smallest absolute Gasteiger partial charge is 0.243 e. The molecule has 1 aromatic heterocycles. The molecule has 1 heterocycles. The number of carbonyl (C=O) groups excluding carboxylic acids is 1. The fourth-order valence-electron chi connectivity index (χ4n) is 1.10. The number of anilines is 1. The van der Waals surface area contributed by atoms with Crippen molar-refractivity contribution in [3.8, 4) is 6.07 Å². The zero-order chi connectivity index (χ0) is 12.7. The predicted molar refractivity (Wildman–Crippen MR) is 60.0 cm³/mol. The quantitative estimate of drug-likeness (QED) is 0.647. The van der Waals surface area contributed by atoms with Crippen LogP contribution in [0.4, 0.5) is 5.82 Å². The van der Waals surface area contributed by atoms with Crippen LogP contribution in [0.5, 0.6) is 0 Å². The molecule has 0 spiro atoms. The number of ether oxygens (including phenoxy) is 1. The molecule has 0 saturated carbocycles. The number of hydrogen-bond acceptors (Lipinski definition) is 6. The maximum absolute atomic E-state index is 10.4. The van der Waals surface area contributed by atoms with Crippen LogP contribution in [0.25, 0.3) is 0 Å². The van der Waals surface area contributed by atoms with Crippen LogP contribution >= 0.6 is 0 Å². The second-order valence-electron chi connectivity index (χ2n) is 3.24. The fourth-order valence-corrected chi connectivity index (χ4v) is 1.10. The minimum atomic E-state index is -0.513. The highest BCUT2D eigenvalue weighted by atomic mass is 16.5. The first-order valence-corrected chi connectivity index (χ1v) is 4.97. The van der Waals surface area contributed by atoms with Gasteiger partial charge in [-0.2, -0.15) is 5.26 Å². The van der Waals surface area contributed by atoms with Crippen molar-refractivity contribution in [2.75, 3.05) is 25.1 Å². The molecule has 1 amide bonds. The topological polar surface area (TPSA) is 114 Å². The van der Waals surface area contributed by atoms with Gasteiger partial charge in [-0.15, -0.1) is 0 Å². The van der Waals surface area contributed by atoms with Crippen LogP contribution in [-0.2, 0) is 9.53 Å². The van der Waals surface area contributed by atoms with Crippen molar-refractivity contribution >= 4 is 11.7 Å². The van der Waals surface area contributed by atoms with Crippen molar-refractivity contribution in [1.82, 2.24) is 9.97 Å². The standard InChI is InChI=1S/C10H13N5O2/c1-7-14-5-8(4-11)10(15-7)13-2-3-17-6-9(12)16/h5H,2-3,6H2,1H3,(H2,12,16)(H,13,14,15). The summed E-state index contributed by atoms with van der Waals surface area (Å²) in [6.45, 7) is 2.35. The van der Waals surface area contributed by atoms with Crippen LogP contribution in [0.1, 0.15) is 11.4 Å². The van der Waals surface area contributed by atoms with E-state index < -0.39 is 5.91 Å². The Kier molecular flexibility index (Phi) is 4.84. The van der Waals surface area contributed by atoms with Gasteiger partial charge >= 0.3 is 0 Å². The van der Waals surface area contributed by atoms with Crippen LogP contribution in [-0.4, -0.2) is 35.6 Å². The molecule has 0 atom stereocenters. The molecule has 1 aromatic rings. The Morgan fingerprint density at radius 3 is 3.12 bits per heavy atom. The van der Waals surface area contributed by atoms with Gasteiger partial charge in [0.15, 0.2) is 0 Å². The lowest BCUT2D eigenvalue weighted by Crippen LogP contribution is -2.21. The molecular formula is C10H13N5O2. The van der Waals surface area contributed by atoms with E-state index in [0.717, 1.165) is 0 Å². The molecule has 17 heavy (non-hydrogen) atoms. The lowest BCUT2D eigenvalue weighted by Gasteiger charge is -2.07. The Morgan fingerprint density at radius 2 is 2.47 bits per heavy atom. The minimum absolute atomic E-state index is 0.115. The summed E-state index contributed by atoms with van der Waals surface area (Å²) in [7, 11) is 0. The third kappa shape index (κ3) is 4.44. The van der Waals surface area contributed by atoms with Crippen molar-refractivity contribution in [2.24, 2.45) is 5.73 Å². The van der Waals surface area contributed by atoms with Gasteiger partial charge in [0, 0.05) is 6.54 Å². The molecule has 0 unspecified atom stereocenters. The Balaban J connectivity index is 2.43. The van der Waals surface area contributed by atoms with E-state index in [1.54, 1.807) is 6.92 Å². The number of nitrogens with zero attached hydrogens (tertiary/aromatic N) is 3. The van der Waals surface area contributed by atoms with Gasteiger partial charge in [-0.3, -0.25) is 4.79 Å². The van der Waals surface area contributed by atoms with Gasteiger partial charge in [-0.1, -0.05) is 0 Å². The predicted octanol–water partition coefficient (Wildman–Crippen LogP) is -0.429. The number of carbonyl (C=O) groups is 1. The second-order valence-corrected chi connectivity index (χ2v) is 3.24. The van der Waals surface area contributed by atoms with E-state index in [1.807, 2.05) is 6.07 Å². The van der Waals surface area contributed by atoms with Crippen molar-refractivity contribution in [3.63, 3.8) is 0 Å². The molecule has 0 radical (unpaired) electrons. The van der Waals surface area contributed by atoms with E-state index >= 15 is 0 Å². The summed E-state index contributed by atoms with van der Waals surface area (Å²) in [5, 5.41) is 11.8. The molecule has 0 aliphatic carbocycles. The first-order chi connectivity index (χ1) is 8.13. The number of primary amides is 1. The summed E-state index contributed by atoms with van der Waals surface area (Å²) in [6.07, 6.45) is 1.45. The van der Waals surface area contributed by atoms with E-state index in [-0.39, 0.29) is 6.61 Å². The number of hydrogen-bond donors (Lipinski definition) is 2. The average Bonchev–Trinajstić information content (AvgIpc) is 2.28. The fraction of sp³-hybridized carbons (Fsp3) is 0.400. The normalized spacial score (nSPS) is 9.65. The summed E-state index contributed by atoms with van der Waals surface area (Å²) in [6, 6.07) is 1.98. The summed E-state index contributed by atoms with van der Waals surface area (Å²) in [5.74, 6) is 0.521. The maximum Gasteiger partial charge on any atom is 0.243 e. The Hall–Kier alpha value is -2.20. The summed E-state index contributed by atoms with van der Waals surface area (Å²) < 4.78 is 4.96. The number of nitriles is 1.